The molecule has 0 spiro atoms. The van der Waals surface area contributed by atoms with E-state index in [0.29, 0.717) is 32.4 Å². The maximum atomic E-state index is 11.9. The predicted octanol–water partition coefficient (Wildman–Crippen LogP) is 1.10. The Hall–Kier alpha value is -1.40. The molecule has 2 rings (SSSR count). The summed E-state index contributed by atoms with van der Waals surface area (Å²) in [6.07, 6.45) is 4.59. The Morgan fingerprint density at radius 1 is 1.10 bits per heavy atom. The first kappa shape index (κ1) is 16.0. The molecule has 1 fully saturated rings. The van der Waals surface area contributed by atoms with E-state index in [-0.39, 0.29) is 6.42 Å². The van der Waals surface area contributed by atoms with Crippen LogP contribution in [0.3, 0.4) is 0 Å². The van der Waals surface area contributed by atoms with Gasteiger partial charge in [0.15, 0.2) is 0 Å². The first-order valence-electron chi connectivity index (χ1n) is 7.23. The van der Waals surface area contributed by atoms with Gasteiger partial charge >= 0.3 is 11.9 Å². The minimum atomic E-state index is -1.20. The summed E-state index contributed by atoms with van der Waals surface area (Å²) in [5.41, 5.74) is -3.13. The number of carboxylic acids is 2. The molecule has 0 radical (unpaired) electrons. The van der Waals surface area contributed by atoms with Crippen LogP contribution in [0.1, 0.15) is 39.5 Å². The first-order chi connectivity index (χ1) is 9.61. The fraction of sp³-hybridized carbons (Fsp3) is 0.733. The average molecular weight is 297 g/mol. The monoisotopic (exact) mass is 297 g/mol. The van der Waals surface area contributed by atoms with E-state index in [9.17, 15) is 24.9 Å². The number of likely N-dealkylation sites (tertiary alicyclic amines) is 1. The van der Waals surface area contributed by atoms with Crippen molar-refractivity contribution in [3.05, 3.63) is 12.2 Å². The van der Waals surface area contributed by atoms with Crippen LogP contribution in [0.5, 0.6) is 0 Å². The molecule has 6 nitrogen and oxygen atoms in total. The quantitative estimate of drug-likeness (QED) is 0.675. The molecular weight excluding hydrogens is 274 g/mol. The topological polar surface area (TPSA) is 98.1 Å². The van der Waals surface area contributed by atoms with E-state index in [2.05, 4.69) is 0 Å². The van der Waals surface area contributed by atoms with Crippen LogP contribution >= 0.6 is 0 Å². The van der Waals surface area contributed by atoms with Gasteiger partial charge in [-0.05, 0) is 39.5 Å². The molecule has 0 saturated carbocycles. The number of nitrogens with zero attached hydrogens (tertiary/aromatic N) is 1. The summed E-state index contributed by atoms with van der Waals surface area (Å²) in [5.74, 6) is -1.99. The molecule has 2 atom stereocenters. The van der Waals surface area contributed by atoms with Gasteiger partial charge in [-0.15, -0.1) is 0 Å². The molecule has 21 heavy (non-hydrogen) atoms. The van der Waals surface area contributed by atoms with Crippen LogP contribution < -0.4 is 0 Å². The summed E-state index contributed by atoms with van der Waals surface area (Å²) in [5, 5.41) is 29.2. The maximum absolute atomic E-state index is 11.9. The van der Waals surface area contributed by atoms with Gasteiger partial charge in [0, 0.05) is 13.1 Å². The van der Waals surface area contributed by atoms with Gasteiger partial charge in [-0.3, -0.25) is 14.5 Å². The fourth-order valence-electron chi connectivity index (χ4n) is 3.36. The van der Waals surface area contributed by atoms with Gasteiger partial charge in [-0.25, -0.2) is 0 Å². The van der Waals surface area contributed by atoms with Crippen molar-refractivity contribution in [2.24, 2.45) is 5.41 Å². The van der Waals surface area contributed by atoms with E-state index < -0.39 is 28.5 Å². The minimum Gasteiger partial charge on any atom is -0.481 e. The lowest BCUT2D eigenvalue weighted by molar-refractivity contribution is -0.162. The molecule has 118 valence electrons. The minimum absolute atomic E-state index is 0.0449. The largest absolute Gasteiger partial charge is 0.481 e. The standard InChI is InChI=1S/C15H23NO5/c1-13(11(17)18)4-3-5-15(10-13,12(19)20)16-8-6-14(2,21)7-9-16/h3-4,21H,5-10H2,1-2H3,(H,17,18)(H,19,20). The van der Waals surface area contributed by atoms with Crippen LogP contribution in [0.15, 0.2) is 12.2 Å². The normalized spacial score (nSPS) is 36.3. The highest BCUT2D eigenvalue weighted by Gasteiger charge is 2.53. The summed E-state index contributed by atoms with van der Waals surface area (Å²) >= 11 is 0. The highest BCUT2D eigenvalue weighted by Crippen LogP contribution is 2.42. The van der Waals surface area contributed by atoms with Crippen LogP contribution in [0.25, 0.3) is 0 Å². The Bertz CT molecular complexity index is 476. The summed E-state index contributed by atoms with van der Waals surface area (Å²) in [7, 11) is 0. The van der Waals surface area contributed by atoms with Gasteiger partial charge < -0.3 is 15.3 Å². The zero-order valence-corrected chi connectivity index (χ0v) is 12.5. The van der Waals surface area contributed by atoms with E-state index in [1.807, 2.05) is 4.90 Å². The highest BCUT2D eigenvalue weighted by molar-refractivity contribution is 5.84. The molecule has 1 heterocycles. The van der Waals surface area contributed by atoms with Crippen molar-refractivity contribution in [2.75, 3.05) is 13.1 Å². The van der Waals surface area contributed by atoms with Gasteiger partial charge in [0.2, 0.25) is 0 Å². The van der Waals surface area contributed by atoms with Gasteiger partial charge in [0.05, 0.1) is 11.0 Å². The molecule has 0 aromatic rings. The molecule has 0 aromatic carbocycles. The van der Waals surface area contributed by atoms with Crippen molar-refractivity contribution in [2.45, 2.75) is 50.7 Å². The maximum Gasteiger partial charge on any atom is 0.324 e. The number of hydrogen-bond acceptors (Lipinski definition) is 4. The number of carboxylic acid groups (broad SMARTS) is 2. The van der Waals surface area contributed by atoms with Crippen molar-refractivity contribution in [1.82, 2.24) is 4.90 Å². The summed E-state index contributed by atoms with van der Waals surface area (Å²) in [6.45, 7) is 4.23. The van der Waals surface area contributed by atoms with Crippen LogP contribution in [-0.4, -0.2) is 56.4 Å². The lowest BCUT2D eigenvalue weighted by Gasteiger charge is -2.49. The molecule has 2 aliphatic rings. The zero-order chi connectivity index (χ0) is 15.9. The molecule has 1 saturated heterocycles. The summed E-state index contributed by atoms with van der Waals surface area (Å²) < 4.78 is 0. The Balaban J connectivity index is 2.29. The van der Waals surface area contributed by atoms with Crippen molar-refractivity contribution in [1.29, 1.82) is 0 Å². The molecule has 0 amide bonds. The Morgan fingerprint density at radius 3 is 2.14 bits per heavy atom. The van der Waals surface area contributed by atoms with E-state index in [1.54, 1.807) is 26.0 Å². The van der Waals surface area contributed by atoms with E-state index in [1.165, 1.54) is 0 Å². The van der Waals surface area contributed by atoms with E-state index in [0.717, 1.165) is 0 Å². The molecule has 1 aliphatic heterocycles. The fourth-order valence-corrected chi connectivity index (χ4v) is 3.36. The number of carbonyl (C=O) groups is 2. The second-order valence-electron chi connectivity index (χ2n) is 6.83. The second kappa shape index (κ2) is 5.10. The SMILES string of the molecule is CC1(O)CCN(C2(C(=O)O)CC=CC(C)(C(=O)O)C2)CC1. The lowest BCUT2D eigenvalue weighted by Crippen LogP contribution is -2.61. The third-order valence-electron chi connectivity index (χ3n) is 4.93. The third-order valence-corrected chi connectivity index (χ3v) is 4.93. The predicted molar refractivity (Wildman–Crippen MR) is 75.9 cm³/mol. The van der Waals surface area contributed by atoms with Crippen LogP contribution in [0, 0.1) is 5.41 Å². The lowest BCUT2D eigenvalue weighted by atomic mass is 9.69. The van der Waals surface area contributed by atoms with Crippen LogP contribution in [-0.2, 0) is 9.59 Å². The number of piperidine rings is 1. The molecular formula is C15H23NO5. The number of aliphatic hydroxyl groups is 1. The van der Waals surface area contributed by atoms with Crippen molar-refractivity contribution in [3.8, 4) is 0 Å². The highest BCUT2D eigenvalue weighted by atomic mass is 16.4. The van der Waals surface area contributed by atoms with Gasteiger partial charge in [-0.2, -0.15) is 0 Å². The Morgan fingerprint density at radius 2 is 1.67 bits per heavy atom. The number of hydrogen-bond donors (Lipinski definition) is 3. The third kappa shape index (κ3) is 2.82. The Kier molecular flexibility index (Phi) is 3.88. The van der Waals surface area contributed by atoms with E-state index in [4.69, 9.17) is 0 Å². The van der Waals surface area contributed by atoms with Crippen molar-refractivity contribution < 1.29 is 24.9 Å². The molecule has 6 heteroatoms. The smallest absolute Gasteiger partial charge is 0.324 e. The molecule has 3 N–H and O–H groups in total. The van der Waals surface area contributed by atoms with Gasteiger partial charge in [-0.1, -0.05) is 12.2 Å². The molecule has 0 bridgehead atoms. The number of rotatable bonds is 3. The molecule has 1 aliphatic carbocycles. The zero-order valence-electron chi connectivity index (χ0n) is 12.5. The molecule has 0 aromatic heterocycles. The van der Waals surface area contributed by atoms with Crippen molar-refractivity contribution in [3.63, 3.8) is 0 Å². The Labute approximate surface area is 124 Å². The average Bonchev–Trinajstić information content (AvgIpc) is 2.38. The van der Waals surface area contributed by atoms with Crippen LogP contribution in [0.4, 0.5) is 0 Å². The van der Waals surface area contributed by atoms with Gasteiger partial charge in [0.1, 0.15) is 5.54 Å². The summed E-state index contributed by atoms with van der Waals surface area (Å²) in [6, 6.07) is 0. The second-order valence-corrected chi connectivity index (χ2v) is 6.83. The van der Waals surface area contributed by atoms with E-state index >= 15 is 0 Å². The van der Waals surface area contributed by atoms with Gasteiger partial charge in [0.25, 0.3) is 0 Å². The van der Waals surface area contributed by atoms with Crippen molar-refractivity contribution >= 4 is 11.9 Å². The molecule has 2 unspecified atom stereocenters. The number of aliphatic carboxylic acids is 2. The van der Waals surface area contributed by atoms with Crippen LogP contribution in [0.2, 0.25) is 0 Å². The first-order valence-corrected chi connectivity index (χ1v) is 7.23. The summed E-state index contributed by atoms with van der Waals surface area (Å²) in [4.78, 5) is 25.2.